The molecule has 1 fully saturated rings. The molecule has 2 nitrogen and oxygen atoms in total. The van der Waals surface area contributed by atoms with Crippen LogP contribution in [-0.2, 0) is 4.79 Å². The summed E-state index contributed by atoms with van der Waals surface area (Å²) in [5.41, 5.74) is 0.688. The molecule has 2 rings (SSSR count). The third-order valence-corrected chi connectivity index (χ3v) is 2.64. The van der Waals surface area contributed by atoms with E-state index in [2.05, 4.69) is 4.99 Å². The van der Waals surface area contributed by atoms with Gasteiger partial charge in [-0.15, -0.1) is 11.6 Å². The van der Waals surface area contributed by atoms with Gasteiger partial charge in [-0.25, -0.2) is 0 Å². The standard InChI is InChI=1S/C8H8ClNO/c9-6-3-4-10-8-5(6)1-2-7(8)11/h3-6H,1-2H2. The fraction of sp³-hybridized carbons (Fsp3) is 0.500. The highest BCUT2D eigenvalue weighted by molar-refractivity contribution is 6.44. The van der Waals surface area contributed by atoms with Gasteiger partial charge in [0, 0.05) is 18.5 Å². The van der Waals surface area contributed by atoms with Crippen LogP contribution in [0.2, 0.25) is 0 Å². The first-order valence-corrected chi connectivity index (χ1v) is 4.14. The molecule has 2 atom stereocenters. The number of hydrogen-bond donors (Lipinski definition) is 0. The summed E-state index contributed by atoms with van der Waals surface area (Å²) in [6.45, 7) is 0. The number of rotatable bonds is 0. The van der Waals surface area contributed by atoms with Gasteiger partial charge in [-0.3, -0.25) is 9.79 Å². The van der Waals surface area contributed by atoms with Crippen molar-refractivity contribution in [1.82, 2.24) is 0 Å². The highest BCUT2D eigenvalue weighted by Crippen LogP contribution is 2.29. The number of fused-ring (bicyclic) bond motifs is 1. The normalized spacial score (nSPS) is 35.4. The lowest BCUT2D eigenvalue weighted by atomic mass is 10.00. The summed E-state index contributed by atoms with van der Waals surface area (Å²) in [7, 11) is 0. The number of nitrogens with zero attached hydrogens (tertiary/aromatic N) is 1. The Bertz CT molecular complexity index is 257. The summed E-state index contributed by atoms with van der Waals surface area (Å²) in [6.07, 6.45) is 4.96. The largest absolute Gasteiger partial charge is 0.293 e. The van der Waals surface area contributed by atoms with Crippen LogP contribution >= 0.6 is 11.6 Å². The van der Waals surface area contributed by atoms with Gasteiger partial charge in [-0.2, -0.15) is 0 Å². The van der Waals surface area contributed by atoms with Gasteiger partial charge in [-0.1, -0.05) is 0 Å². The quantitative estimate of drug-likeness (QED) is 0.506. The second-order valence-corrected chi connectivity index (χ2v) is 3.37. The first kappa shape index (κ1) is 7.04. The van der Waals surface area contributed by atoms with E-state index in [9.17, 15) is 4.79 Å². The van der Waals surface area contributed by atoms with E-state index >= 15 is 0 Å². The van der Waals surface area contributed by atoms with Gasteiger partial charge in [0.2, 0.25) is 0 Å². The van der Waals surface area contributed by atoms with E-state index in [0.29, 0.717) is 12.1 Å². The predicted molar refractivity (Wildman–Crippen MR) is 43.9 cm³/mol. The van der Waals surface area contributed by atoms with E-state index in [1.54, 1.807) is 6.20 Å². The maximum absolute atomic E-state index is 11.1. The fourth-order valence-electron chi connectivity index (χ4n) is 1.58. The van der Waals surface area contributed by atoms with Crippen LogP contribution in [0.5, 0.6) is 0 Å². The minimum atomic E-state index is -0.0195. The SMILES string of the molecule is O=C1CCC2C1=NC=CC2Cl. The van der Waals surface area contributed by atoms with Crippen molar-refractivity contribution in [3.05, 3.63) is 12.3 Å². The molecular weight excluding hydrogens is 162 g/mol. The summed E-state index contributed by atoms with van der Waals surface area (Å²) >= 11 is 5.96. The lowest BCUT2D eigenvalue weighted by Crippen LogP contribution is -2.23. The van der Waals surface area contributed by atoms with Gasteiger partial charge in [0.25, 0.3) is 0 Å². The zero-order valence-corrected chi connectivity index (χ0v) is 6.71. The first-order valence-electron chi connectivity index (χ1n) is 3.70. The Balaban J connectivity index is 2.34. The van der Waals surface area contributed by atoms with Gasteiger partial charge in [0.05, 0.1) is 11.1 Å². The lowest BCUT2D eigenvalue weighted by molar-refractivity contribution is -0.112. The predicted octanol–water partition coefficient (Wildman–Crippen LogP) is 1.54. The summed E-state index contributed by atoms with van der Waals surface area (Å²) < 4.78 is 0. The molecule has 0 amide bonds. The van der Waals surface area contributed by atoms with E-state index in [1.165, 1.54) is 0 Å². The highest BCUT2D eigenvalue weighted by atomic mass is 35.5. The van der Waals surface area contributed by atoms with Crippen molar-refractivity contribution in [3.63, 3.8) is 0 Å². The van der Waals surface area contributed by atoms with Crippen molar-refractivity contribution in [3.8, 4) is 0 Å². The molecule has 0 aromatic carbocycles. The number of alkyl halides is 1. The van der Waals surface area contributed by atoms with Crippen LogP contribution in [0.1, 0.15) is 12.8 Å². The molecular formula is C8H8ClNO. The second-order valence-electron chi connectivity index (χ2n) is 2.87. The van der Waals surface area contributed by atoms with E-state index in [-0.39, 0.29) is 17.1 Å². The summed E-state index contributed by atoms with van der Waals surface area (Å²) in [5.74, 6) is 0.360. The summed E-state index contributed by atoms with van der Waals surface area (Å²) in [5, 5.41) is -0.0195. The average molecular weight is 170 g/mol. The molecule has 11 heavy (non-hydrogen) atoms. The maximum Gasteiger partial charge on any atom is 0.177 e. The maximum atomic E-state index is 11.1. The van der Waals surface area contributed by atoms with E-state index in [0.717, 1.165) is 6.42 Å². The number of Topliss-reactive ketones (excluding diaryl/α,β-unsaturated/α-hetero) is 1. The van der Waals surface area contributed by atoms with Gasteiger partial charge in [0.1, 0.15) is 0 Å². The fourth-order valence-corrected chi connectivity index (χ4v) is 1.89. The molecule has 0 aromatic rings. The Morgan fingerprint density at radius 3 is 3.18 bits per heavy atom. The van der Waals surface area contributed by atoms with Crippen LogP contribution < -0.4 is 0 Å². The molecule has 1 saturated carbocycles. The van der Waals surface area contributed by atoms with Crippen LogP contribution in [-0.4, -0.2) is 16.9 Å². The highest BCUT2D eigenvalue weighted by Gasteiger charge is 2.35. The summed E-state index contributed by atoms with van der Waals surface area (Å²) in [6, 6.07) is 0. The number of carbonyl (C=O) groups is 1. The monoisotopic (exact) mass is 169 g/mol. The Kier molecular flexibility index (Phi) is 1.57. The van der Waals surface area contributed by atoms with Crippen LogP contribution in [0, 0.1) is 5.92 Å². The number of aliphatic imine (C=N–C) groups is 1. The van der Waals surface area contributed by atoms with Gasteiger partial charge in [0.15, 0.2) is 5.78 Å². The number of halogens is 1. The number of ketones is 1. The molecule has 2 unspecified atom stereocenters. The van der Waals surface area contributed by atoms with E-state index in [4.69, 9.17) is 11.6 Å². The molecule has 1 aliphatic heterocycles. The lowest BCUT2D eigenvalue weighted by Gasteiger charge is -2.15. The molecule has 58 valence electrons. The van der Waals surface area contributed by atoms with Crippen LogP contribution in [0.15, 0.2) is 17.3 Å². The van der Waals surface area contributed by atoms with E-state index < -0.39 is 0 Å². The van der Waals surface area contributed by atoms with Crippen molar-refractivity contribution in [2.45, 2.75) is 18.2 Å². The number of carbonyl (C=O) groups excluding carboxylic acids is 1. The Morgan fingerprint density at radius 1 is 1.64 bits per heavy atom. The molecule has 0 spiro atoms. The molecule has 2 aliphatic rings. The van der Waals surface area contributed by atoms with Gasteiger partial charge in [-0.05, 0) is 12.5 Å². The zero-order valence-electron chi connectivity index (χ0n) is 5.96. The van der Waals surface area contributed by atoms with Crippen LogP contribution in [0.4, 0.5) is 0 Å². The third-order valence-electron chi connectivity index (χ3n) is 2.19. The molecule has 1 aliphatic carbocycles. The number of allylic oxidation sites excluding steroid dienone is 1. The topological polar surface area (TPSA) is 29.4 Å². The van der Waals surface area contributed by atoms with Gasteiger partial charge < -0.3 is 0 Å². The average Bonchev–Trinajstić information content (AvgIpc) is 2.35. The van der Waals surface area contributed by atoms with E-state index in [1.807, 2.05) is 6.08 Å². The molecule has 0 bridgehead atoms. The number of hydrogen-bond acceptors (Lipinski definition) is 2. The smallest absolute Gasteiger partial charge is 0.177 e. The van der Waals surface area contributed by atoms with Crippen LogP contribution in [0.3, 0.4) is 0 Å². The Labute approximate surface area is 70.0 Å². The van der Waals surface area contributed by atoms with Crippen molar-refractivity contribution >= 4 is 23.1 Å². The second kappa shape index (κ2) is 2.45. The van der Waals surface area contributed by atoms with Crippen molar-refractivity contribution < 1.29 is 4.79 Å². The molecule has 0 saturated heterocycles. The molecule has 0 aromatic heterocycles. The molecule has 1 heterocycles. The Morgan fingerprint density at radius 2 is 2.45 bits per heavy atom. The molecule has 3 heteroatoms. The third kappa shape index (κ3) is 1.02. The van der Waals surface area contributed by atoms with Crippen molar-refractivity contribution in [1.29, 1.82) is 0 Å². The summed E-state index contributed by atoms with van der Waals surface area (Å²) in [4.78, 5) is 15.2. The molecule has 0 radical (unpaired) electrons. The van der Waals surface area contributed by atoms with Crippen LogP contribution in [0.25, 0.3) is 0 Å². The van der Waals surface area contributed by atoms with Gasteiger partial charge >= 0.3 is 0 Å². The zero-order chi connectivity index (χ0) is 7.84. The van der Waals surface area contributed by atoms with Crippen molar-refractivity contribution in [2.75, 3.05) is 0 Å². The Hall–Kier alpha value is -0.630. The molecule has 0 N–H and O–H groups in total. The minimum Gasteiger partial charge on any atom is -0.293 e. The van der Waals surface area contributed by atoms with Crippen molar-refractivity contribution in [2.24, 2.45) is 10.9 Å². The minimum absolute atomic E-state index is 0.0195. The first-order chi connectivity index (χ1) is 5.29.